The second-order valence-corrected chi connectivity index (χ2v) is 16.7. The number of nitrogens with zero attached hydrogens (tertiary/aromatic N) is 3. The van der Waals surface area contributed by atoms with Gasteiger partial charge in [0.25, 0.3) is 11.5 Å². The molecule has 3 aromatic rings. The van der Waals surface area contributed by atoms with E-state index in [0.717, 1.165) is 49.8 Å². The molecule has 1 aromatic heterocycles. The predicted molar refractivity (Wildman–Crippen MR) is 192 cm³/mol. The van der Waals surface area contributed by atoms with Crippen molar-refractivity contribution in [2.24, 2.45) is 34.5 Å². The van der Waals surface area contributed by atoms with Crippen LogP contribution in [-0.2, 0) is 16.0 Å². The van der Waals surface area contributed by atoms with Crippen molar-refractivity contribution < 1.29 is 23.8 Å². The van der Waals surface area contributed by atoms with Crippen molar-refractivity contribution >= 4 is 22.6 Å². The molecule has 0 spiro atoms. The molecule has 10 heteroatoms. The van der Waals surface area contributed by atoms with E-state index in [0.29, 0.717) is 72.4 Å². The van der Waals surface area contributed by atoms with Gasteiger partial charge in [-0.3, -0.25) is 14.4 Å². The maximum absolute atomic E-state index is 15.0. The third kappa shape index (κ3) is 6.10. The zero-order valence-electron chi connectivity index (χ0n) is 29.9. The van der Waals surface area contributed by atoms with Gasteiger partial charge in [-0.05, 0) is 116 Å². The maximum Gasteiger partial charge on any atom is 0.272 e. The van der Waals surface area contributed by atoms with Crippen molar-refractivity contribution in [3.05, 3.63) is 75.5 Å². The van der Waals surface area contributed by atoms with E-state index < -0.39 is 11.7 Å². The van der Waals surface area contributed by atoms with Crippen LogP contribution >= 0.6 is 0 Å². The fourth-order valence-electron chi connectivity index (χ4n) is 11.4. The summed E-state index contributed by atoms with van der Waals surface area (Å²) in [4.78, 5) is 42.5. The number of hydrogen-bond acceptors (Lipinski definition) is 6. The largest absolute Gasteiger partial charge is 0.393 e. The molecule has 4 saturated carbocycles. The number of halogens is 1. The molecule has 2 aromatic carbocycles. The van der Waals surface area contributed by atoms with Gasteiger partial charge in [0.1, 0.15) is 12.4 Å². The number of rotatable bonds is 6. The van der Waals surface area contributed by atoms with Gasteiger partial charge in [-0.1, -0.05) is 38.1 Å². The highest BCUT2D eigenvalue weighted by Gasteiger charge is 2.60. The van der Waals surface area contributed by atoms with E-state index in [1.807, 2.05) is 12.1 Å². The van der Waals surface area contributed by atoms with Gasteiger partial charge in [0.15, 0.2) is 0 Å². The Labute approximate surface area is 298 Å². The summed E-state index contributed by atoms with van der Waals surface area (Å²) in [5, 5.41) is 18.4. The SMILES string of the molecule is C[C@]12CC[C@H](O)C[C@@H]1CC[C@@H]1[C@@H]2CC[C@]2(C)[C@@H](OCC(=O)N3CCN(C(=O)c4cc(Cc5n[nH]c(=O)c6ccccc56)ccc4F)CC3)CC[C@@H]12. The van der Waals surface area contributed by atoms with E-state index in [2.05, 4.69) is 24.0 Å². The number of fused-ring (bicyclic) bond motifs is 6. The number of amides is 2. The Kier molecular flexibility index (Phi) is 9.06. The molecule has 0 bridgehead atoms. The number of H-pyrrole nitrogens is 1. The van der Waals surface area contributed by atoms with E-state index in [9.17, 15) is 19.5 Å². The van der Waals surface area contributed by atoms with Gasteiger partial charge in [0, 0.05) is 38.0 Å². The molecule has 8 atom stereocenters. The van der Waals surface area contributed by atoms with E-state index >= 15 is 4.39 Å². The van der Waals surface area contributed by atoms with Crippen molar-refractivity contribution in [2.45, 2.75) is 90.3 Å². The second kappa shape index (κ2) is 13.4. The van der Waals surface area contributed by atoms with Crippen LogP contribution in [0.3, 0.4) is 0 Å². The van der Waals surface area contributed by atoms with Crippen LogP contribution in [0.15, 0.2) is 47.3 Å². The average molecular weight is 699 g/mol. The first-order chi connectivity index (χ1) is 24.5. The number of carbonyl (C=O) groups is 2. The van der Waals surface area contributed by atoms with Crippen molar-refractivity contribution in [2.75, 3.05) is 32.8 Å². The van der Waals surface area contributed by atoms with Crippen LogP contribution in [0.25, 0.3) is 10.8 Å². The Bertz CT molecular complexity index is 1870. The number of hydrogen-bond donors (Lipinski definition) is 2. The highest BCUT2D eigenvalue weighted by atomic mass is 19.1. The summed E-state index contributed by atoms with van der Waals surface area (Å²) >= 11 is 0. The van der Waals surface area contributed by atoms with Gasteiger partial charge in [-0.2, -0.15) is 5.10 Å². The van der Waals surface area contributed by atoms with Crippen LogP contribution in [0.1, 0.15) is 93.3 Å². The number of aliphatic hydroxyl groups is 1. The highest BCUT2D eigenvalue weighted by Crippen LogP contribution is 2.66. The molecule has 0 unspecified atom stereocenters. The molecule has 1 aliphatic heterocycles. The highest BCUT2D eigenvalue weighted by molar-refractivity contribution is 5.95. The van der Waals surface area contributed by atoms with E-state index in [-0.39, 0.29) is 41.3 Å². The van der Waals surface area contributed by atoms with E-state index in [1.165, 1.54) is 25.3 Å². The predicted octanol–water partition coefficient (Wildman–Crippen LogP) is 5.73. The molecule has 4 aliphatic carbocycles. The minimum Gasteiger partial charge on any atom is -0.393 e. The molecule has 1 saturated heterocycles. The molecule has 8 rings (SSSR count). The van der Waals surface area contributed by atoms with Gasteiger partial charge >= 0.3 is 0 Å². The standard InChI is InChI=1S/C41H51FN4O5/c1-40-15-13-27(47)23-26(40)8-9-30-32-10-12-36(41(32,2)16-14-33(30)40)51-24-37(48)45-17-19-46(20-18-45)39(50)31-21-25(7-11-34(31)42)22-35-28-5-3-4-6-29(28)38(49)44-43-35/h3-7,11,21,26-27,30,32-33,36,47H,8-10,12-20,22-24H2,1-2H3,(H,44,49)/t26-,27-,30-,32-,33-,36-,40-,41-/m0/s1. The fraction of sp³-hybridized carbons (Fsp3) is 0.610. The lowest BCUT2D eigenvalue weighted by Gasteiger charge is -2.60. The third-order valence-corrected chi connectivity index (χ3v) is 14.3. The quantitative estimate of drug-likeness (QED) is 0.340. The van der Waals surface area contributed by atoms with Gasteiger partial charge in [0.05, 0.1) is 28.9 Å². The second-order valence-electron chi connectivity index (χ2n) is 16.7. The normalized spacial score (nSPS) is 33.4. The number of piperazine rings is 1. The van der Waals surface area contributed by atoms with Crippen LogP contribution in [0, 0.1) is 40.3 Å². The summed E-state index contributed by atoms with van der Waals surface area (Å²) < 4.78 is 21.5. The van der Waals surface area contributed by atoms with Gasteiger partial charge in [-0.25, -0.2) is 9.49 Å². The summed E-state index contributed by atoms with van der Waals surface area (Å²) in [5.74, 6) is 1.67. The minimum absolute atomic E-state index is 0.00773. The number of benzene rings is 2. The number of aromatic nitrogens is 2. The van der Waals surface area contributed by atoms with Crippen LogP contribution in [0.5, 0.6) is 0 Å². The topological polar surface area (TPSA) is 116 Å². The zero-order chi connectivity index (χ0) is 35.5. The molecule has 2 amide bonds. The molecule has 5 aliphatic rings. The Morgan fingerprint density at radius 2 is 1.65 bits per heavy atom. The number of aliphatic hydroxyl groups excluding tert-OH is 1. The lowest BCUT2D eigenvalue weighted by Crippen LogP contribution is -2.55. The first-order valence-corrected chi connectivity index (χ1v) is 19.2. The van der Waals surface area contributed by atoms with Crippen LogP contribution in [-0.4, -0.2) is 81.9 Å². The summed E-state index contributed by atoms with van der Waals surface area (Å²) in [6.07, 6.45) is 10.3. The first-order valence-electron chi connectivity index (χ1n) is 19.2. The van der Waals surface area contributed by atoms with Crippen molar-refractivity contribution in [3.63, 3.8) is 0 Å². The molecule has 2 heterocycles. The first kappa shape index (κ1) is 34.5. The van der Waals surface area contributed by atoms with E-state index in [1.54, 1.807) is 34.1 Å². The van der Waals surface area contributed by atoms with Crippen LogP contribution in [0.4, 0.5) is 4.39 Å². The van der Waals surface area contributed by atoms with Gasteiger partial charge in [0.2, 0.25) is 5.91 Å². The van der Waals surface area contributed by atoms with Crippen LogP contribution in [0.2, 0.25) is 0 Å². The molecule has 9 nitrogen and oxygen atoms in total. The monoisotopic (exact) mass is 698 g/mol. The molecule has 272 valence electrons. The lowest BCUT2D eigenvalue weighted by molar-refractivity contribution is -0.153. The maximum atomic E-state index is 15.0. The van der Waals surface area contributed by atoms with Crippen LogP contribution < -0.4 is 5.56 Å². The molecular formula is C41H51FN4O5. The zero-order valence-corrected chi connectivity index (χ0v) is 29.9. The average Bonchev–Trinajstić information content (AvgIpc) is 3.48. The summed E-state index contributed by atoms with van der Waals surface area (Å²) in [5.41, 5.74) is 1.50. The smallest absolute Gasteiger partial charge is 0.272 e. The Hall–Kier alpha value is -3.63. The molecule has 0 radical (unpaired) electrons. The van der Waals surface area contributed by atoms with Gasteiger partial charge in [-0.15, -0.1) is 0 Å². The summed E-state index contributed by atoms with van der Waals surface area (Å²) in [7, 11) is 0. The summed E-state index contributed by atoms with van der Waals surface area (Å²) in [6, 6.07) is 11.7. The van der Waals surface area contributed by atoms with Crippen molar-refractivity contribution in [3.8, 4) is 0 Å². The minimum atomic E-state index is -0.591. The summed E-state index contributed by atoms with van der Waals surface area (Å²) in [6.45, 7) is 6.38. The molecule has 5 fully saturated rings. The Morgan fingerprint density at radius 3 is 2.45 bits per heavy atom. The van der Waals surface area contributed by atoms with E-state index in [4.69, 9.17) is 4.74 Å². The van der Waals surface area contributed by atoms with Gasteiger partial charge < -0.3 is 19.6 Å². The third-order valence-electron chi connectivity index (χ3n) is 14.3. The lowest BCUT2D eigenvalue weighted by atomic mass is 9.45. The fourth-order valence-corrected chi connectivity index (χ4v) is 11.4. The molecular weight excluding hydrogens is 647 g/mol. The van der Waals surface area contributed by atoms with Crippen molar-refractivity contribution in [1.29, 1.82) is 0 Å². The Balaban J connectivity index is 0.856. The Morgan fingerprint density at radius 1 is 0.922 bits per heavy atom. The number of ether oxygens (including phenoxy) is 1. The number of aromatic amines is 1. The number of carbonyl (C=O) groups excluding carboxylic acids is 2. The number of nitrogens with one attached hydrogen (secondary N) is 1. The molecule has 2 N–H and O–H groups in total. The van der Waals surface area contributed by atoms with Crippen molar-refractivity contribution in [1.82, 2.24) is 20.0 Å². The molecule has 51 heavy (non-hydrogen) atoms.